The minimum atomic E-state index is -1.53. The molecule has 0 aromatic heterocycles. The molecule has 1 heterocycles. The van der Waals surface area contributed by atoms with Gasteiger partial charge in [-0.1, -0.05) is 0 Å². The summed E-state index contributed by atoms with van der Waals surface area (Å²) in [5, 5.41) is 39.7. The molecule has 0 radical (unpaired) electrons. The Kier molecular flexibility index (Phi) is 5.09. The second-order valence-corrected chi connectivity index (χ2v) is 3.62. The molecule has 0 aromatic carbocycles. The number of rotatable bonds is 3. The van der Waals surface area contributed by atoms with E-state index in [2.05, 4.69) is 10.1 Å². The largest absolute Gasteiger partial charge is 0.450 e. The monoisotopic (exact) mass is 251 g/mol. The van der Waals surface area contributed by atoms with E-state index in [1.54, 1.807) is 6.92 Å². The van der Waals surface area contributed by atoms with Gasteiger partial charge in [0, 0.05) is 0 Å². The van der Waals surface area contributed by atoms with Crippen molar-refractivity contribution in [3.63, 3.8) is 0 Å². The lowest BCUT2D eigenvalue weighted by atomic mass is 9.97. The van der Waals surface area contributed by atoms with Gasteiger partial charge in [0.15, 0.2) is 6.29 Å². The van der Waals surface area contributed by atoms with Crippen LogP contribution in [0.4, 0.5) is 4.79 Å². The Morgan fingerprint density at radius 1 is 1.35 bits per heavy atom. The van der Waals surface area contributed by atoms with E-state index in [0.29, 0.717) is 0 Å². The molecule has 17 heavy (non-hydrogen) atoms. The third-order valence-electron chi connectivity index (χ3n) is 2.46. The molecule has 100 valence electrons. The maximum atomic E-state index is 11.1. The van der Waals surface area contributed by atoms with Crippen LogP contribution in [0.15, 0.2) is 0 Å². The fourth-order valence-corrected chi connectivity index (χ4v) is 1.56. The van der Waals surface area contributed by atoms with Gasteiger partial charge < -0.3 is 35.2 Å². The third-order valence-corrected chi connectivity index (χ3v) is 2.46. The molecule has 5 atom stereocenters. The van der Waals surface area contributed by atoms with Gasteiger partial charge in [-0.15, -0.1) is 0 Å². The van der Waals surface area contributed by atoms with Gasteiger partial charge in [-0.2, -0.15) is 0 Å². The zero-order valence-corrected chi connectivity index (χ0v) is 9.31. The van der Waals surface area contributed by atoms with Crippen LogP contribution in [0.5, 0.6) is 0 Å². The van der Waals surface area contributed by atoms with Gasteiger partial charge in [0.25, 0.3) is 0 Å². The molecule has 5 N–H and O–H groups in total. The summed E-state index contributed by atoms with van der Waals surface area (Å²) in [7, 11) is 0. The number of nitrogens with one attached hydrogen (secondary N) is 1. The number of carbonyl (C=O) groups excluding carboxylic acids is 1. The Morgan fingerprint density at radius 2 is 2.00 bits per heavy atom. The van der Waals surface area contributed by atoms with E-state index in [1.807, 2.05) is 0 Å². The number of aliphatic hydroxyl groups excluding tert-OH is 4. The summed E-state index contributed by atoms with van der Waals surface area (Å²) in [6.45, 7) is 1.18. The van der Waals surface area contributed by atoms with Crippen LogP contribution in [0, 0.1) is 0 Å². The molecule has 1 aliphatic rings. The highest BCUT2D eigenvalue weighted by Crippen LogP contribution is 2.19. The lowest BCUT2D eigenvalue weighted by molar-refractivity contribution is -0.253. The van der Waals surface area contributed by atoms with Crippen molar-refractivity contribution >= 4 is 6.09 Å². The Morgan fingerprint density at radius 3 is 2.53 bits per heavy atom. The maximum Gasteiger partial charge on any atom is 0.407 e. The standard InChI is InChI=1S/C9H17NO7/c1-2-16-9(15)10-5-7(13)6(12)4(3-11)17-8(5)14/h4-8,11-14H,2-3H2,1H3,(H,10,15)/t4?,5-,6-,7?,8?/m1/s1. The average molecular weight is 251 g/mol. The predicted octanol–water partition coefficient (Wildman–Crippen LogP) is -2.47. The number of carbonyl (C=O) groups is 1. The highest BCUT2D eigenvalue weighted by atomic mass is 16.6. The number of hydrogen-bond donors (Lipinski definition) is 5. The fraction of sp³-hybridized carbons (Fsp3) is 0.889. The van der Waals surface area contributed by atoms with Crippen LogP contribution in [0.2, 0.25) is 0 Å². The molecule has 0 saturated carbocycles. The molecule has 3 unspecified atom stereocenters. The van der Waals surface area contributed by atoms with E-state index in [9.17, 15) is 20.1 Å². The normalized spacial score (nSPS) is 37.6. The molecule has 0 bridgehead atoms. The molecule has 1 fully saturated rings. The summed E-state index contributed by atoms with van der Waals surface area (Å²) in [6.07, 6.45) is -6.33. The van der Waals surface area contributed by atoms with Crippen molar-refractivity contribution in [2.75, 3.05) is 13.2 Å². The maximum absolute atomic E-state index is 11.1. The zero-order valence-electron chi connectivity index (χ0n) is 9.31. The molecule has 1 amide bonds. The first kappa shape index (κ1) is 14.1. The van der Waals surface area contributed by atoms with Crippen LogP contribution in [-0.4, -0.2) is 70.4 Å². The van der Waals surface area contributed by atoms with Crippen molar-refractivity contribution in [1.82, 2.24) is 5.32 Å². The van der Waals surface area contributed by atoms with Crippen LogP contribution < -0.4 is 5.32 Å². The van der Waals surface area contributed by atoms with Crippen molar-refractivity contribution in [3.05, 3.63) is 0 Å². The highest BCUT2D eigenvalue weighted by Gasteiger charge is 2.44. The van der Waals surface area contributed by atoms with Gasteiger partial charge in [0.05, 0.1) is 13.2 Å². The fourth-order valence-electron chi connectivity index (χ4n) is 1.56. The summed E-state index contributed by atoms with van der Waals surface area (Å²) >= 11 is 0. The summed E-state index contributed by atoms with van der Waals surface area (Å²) in [4.78, 5) is 11.1. The predicted molar refractivity (Wildman–Crippen MR) is 53.9 cm³/mol. The summed E-state index contributed by atoms with van der Waals surface area (Å²) < 4.78 is 9.41. The summed E-state index contributed by atoms with van der Waals surface area (Å²) in [6, 6.07) is -1.22. The van der Waals surface area contributed by atoms with Crippen molar-refractivity contribution in [2.24, 2.45) is 0 Å². The van der Waals surface area contributed by atoms with Crippen LogP contribution in [0.3, 0.4) is 0 Å². The van der Waals surface area contributed by atoms with E-state index in [-0.39, 0.29) is 6.61 Å². The molecule has 0 aliphatic carbocycles. The molecular weight excluding hydrogens is 234 g/mol. The number of aliphatic hydroxyl groups is 4. The first-order valence-electron chi connectivity index (χ1n) is 5.25. The van der Waals surface area contributed by atoms with E-state index in [0.717, 1.165) is 0 Å². The van der Waals surface area contributed by atoms with Crippen molar-refractivity contribution < 1.29 is 34.7 Å². The lowest BCUT2D eigenvalue weighted by Gasteiger charge is -2.39. The Bertz CT molecular complexity index is 262. The zero-order chi connectivity index (χ0) is 13.0. The Balaban J connectivity index is 2.63. The first-order chi connectivity index (χ1) is 8.01. The van der Waals surface area contributed by atoms with Crippen LogP contribution in [0.25, 0.3) is 0 Å². The topological polar surface area (TPSA) is 128 Å². The molecule has 1 aliphatic heterocycles. The Labute approximate surface area is 97.8 Å². The van der Waals surface area contributed by atoms with Gasteiger partial charge in [-0.05, 0) is 6.92 Å². The first-order valence-corrected chi connectivity index (χ1v) is 5.25. The third kappa shape index (κ3) is 3.27. The quantitative estimate of drug-likeness (QED) is 0.376. The van der Waals surface area contributed by atoms with Gasteiger partial charge in [0.1, 0.15) is 24.4 Å². The SMILES string of the molecule is CCOC(=O)N[C@H]1C(O)OC(CO)[C@@H](O)C1O. The van der Waals surface area contributed by atoms with Gasteiger partial charge in [0.2, 0.25) is 0 Å². The summed E-state index contributed by atoms with van der Waals surface area (Å²) in [5.41, 5.74) is 0. The number of hydrogen-bond acceptors (Lipinski definition) is 7. The van der Waals surface area contributed by atoms with E-state index in [4.69, 9.17) is 9.84 Å². The minimum Gasteiger partial charge on any atom is -0.450 e. The smallest absolute Gasteiger partial charge is 0.407 e. The molecule has 8 nitrogen and oxygen atoms in total. The average Bonchev–Trinajstić information content (AvgIpc) is 2.29. The van der Waals surface area contributed by atoms with Gasteiger partial charge in [-0.3, -0.25) is 0 Å². The van der Waals surface area contributed by atoms with E-state index < -0.39 is 43.3 Å². The van der Waals surface area contributed by atoms with Crippen molar-refractivity contribution in [1.29, 1.82) is 0 Å². The van der Waals surface area contributed by atoms with Crippen LogP contribution in [0.1, 0.15) is 6.92 Å². The lowest BCUT2D eigenvalue weighted by Crippen LogP contribution is -2.64. The molecule has 0 aromatic rings. The van der Waals surface area contributed by atoms with Gasteiger partial charge in [-0.25, -0.2) is 4.79 Å². The van der Waals surface area contributed by atoms with E-state index >= 15 is 0 Å². The van der Waals surface area contributed by atoms with Crippen LogP contribution >= 0.6 is 0 Å². The molecule has 1 rings (SSSR count). The summed E-state index contributed by atoms with van der Waals surface area (Å²) in [5.74, 6) is 0. The number of amides is 1. The Hall–Kier alpha value is -0.930. The second kappa shape index (κ2) is 6.12. The van der Waals surface area contributed by atoms with E-state index in [1.165, 1.54) is 0 Å². The number of alkyl carbamates (subject to hydrolysis) is 1. The van der Waals surface area contributed by atoms with Crippen LogP contribution in [-0.2, 0) is 9.47 Å². The molecular formula is C9H17NO7. The molecule has 8 heteroatoms. The van der Waals surface area contributed by atoms with Gasteiger partial charge >= 0.3 is 6.09 Å². The second-order valence-electron chi connectivity index (χ2n) is 3.62. The van der Waals surface area contributed by atoms with Crippen molar-refractivity contribution in [2.45, 2.75) is 37.6 Å². The highest BCUT2D eigenvalue weighted by molar-refractivity contribution is 5.67. The van der Waals surface area contributed by atoms with Crippen molar-refractivity contribution in [3.8, 4) is 0 Å². The minimum absolute atomic E-state index is 0.132. The molecule has 1 saturated heterocycles. The molecule has 0 spiro atoms. The number of ether oxygens (including phenoxy) is 2.